The number of carbonyl (C=O) groups excluding carboxylic acids is 1. The summed E-state index contributed by atoms with van der Waals surface area (Å²) in [7, 11) is 0. The molecule has 1 amide bonds. The maximum absolute atomic E-state index is 13.1. The van der Waals surface area contributed by atoms with E-state index in [1.54, 1.807) is 6.08 Å². The minimum atomic E-state index is -1.58. The highest BCUT2D eigenvalue weighted by atomic mass is 16.7. The van der Waals surface area contributed by atoms with Gasteiger partial charge in [-0.2, -0.15) is 0 Å². The first-order chi connectivity index (χ1) is 37.8. The number of aliphatic hydroxyl groups excluding tert-OH is 5. The molecular formula is C68H117NO8. The summed E-state index contributed by atoms with van der Waals surface area (Å²) in [6.45, 7) is 3.64. The zero-order chi connectivity index (χ0) is 55.8. The number of rotatable bonds is 53. The van der Waals surface area contributed by atoms with Gasteiger partial charge in [-0.3, -0.25) is 4.79 Å². The summed E-state index contributed by atoms with van der Waals surface area (Å²) in [6.07, 6.45) is 76.0. The van der Waals surface area contributed by atoms with Crippen LogP contribution in [0.4, 0.5) is 0 Å². The Bertz CT molecular complexity index is 1580. The zero-order valence-electron chi connectivity index (χ0n) is 49.2. The molecule has 0 radical (unpaired) electrons. The molecule has 1 aliphatic rings. The predicted molar refractivity (Wildman–Crippen MR) is 327 cm³/mol. The van der Waals surface area contributed by atoms with Crippen molar-refractivity contribution in [3.05, 3.63) is 109 Å². The molecule has 1 heterocycles. The minimum Gasteiger partial charge on any atom is -0.394 e. The van der Waals surface area contributed by atoms with E-state index in [-0.39, 0.29) is 12.5 Å². The van der Waals surface area contributed by atoms with Crippen molar-refractivity contribution in [2.45, 2.75) is 301 Å². The number of carbonyl (C=O) groups is 1. The van der Waals surface area contributed by atoms with Gasteiger partial charge in [0, 0.05) is 6.42 Å². The van der Waals surface area contributed by atoms with E-state index in [0.29, 0.717) is 6.42 Å². The molecule has 0 aromatic heterocycles. The van der Waals surface area contributed by atoms with Crippen LogP contribution in [-0.2, 0) is 14.3 Å². The number of unbranched alkanes of at least 4 members (excludes halogenated alkanes) is 27. The summed E-state index contributed by atoms with van der Waals surface area (Å²) >= 11 is 0. The Morgan fingerprint density at radius 3 is 1.25 bits per heavy atom. The van der Waals surface area contributed by atoms with Gasteiger partial charge in [-0.15, -0.1) is 0 Å². The van der Waals surface area contributed by atoms with Crippen molar-refractivity contribution in [3.63, 3.8) is 0 Å². The van der Waals surface area contributed by atoms with Gasteiger partial charge in [0.2, 0.25) is 5.91 Å². The molecule has 77 heavy (non-hydrogen) atoms. The molecule has 1 saturated heterocycles. The molecule has 7 unspecified atom stereocenters. The van der Waals surface area contributed by atoms with E-state index in [0.717, 1.165) is 89.9 Å². The molecule has 0 spiro atoms. The second-order valence-corrected chi connectivity index (χ2v) is 21.4. The van der Waals surface area contributed by atoms with Crippen LogP contribution in [0.15, 0.2) is 109 Å². The van der Waals surface area contributed by atoms with Crippen molar-refractivity contribution >= 4 is 5.91 Å². The standard InChI is InChI=1S/C68H117NO8/c1-3-5-7-9-11-13-15-17-19-21-22-23-24-25-26-27-28-29-30-31-32-33-34-35-36-37-38-39-40-42-44-46-48-50-52-54-56-58-64(72)69-61(60-76-68-67(75)66(74)65(73)63(59-70)77-68)62(71)57-55-53-51-49-47-45-43-41-20-18-16-14-12-10-8-6-4-2/h5,7,11,13,17,19-20,22-23,25-26,28-29,41,47,49,55,57,61-63,65-68,70-71,73-75H,3-4,6,8-10,12,14-16,18,21,24,27,30-40,42-46,48,50-54,56,58-60H2,1-2H3,(H,69,72)/b7-5-,13-11-,19-17-,23-22-,26-25-,29-28-,41-20+,49-47+,57-55+. The Hall–Kier alpha value is -3.15. The second-order valence-electron chi connectivity index (χ2n) is 21.4. The highest BCUT2D eigenvalue weighted by molar-refractivity contribution is 5.76. The maximum Gasteiger partial charge on any atom is 0.220 e. The van der Waals surface area contributed by atoms with E-state index >= 15 is 0 Å². The SMILES string of the molecule is CC/C=C\C/C=C\C/C=C\C/C=C\C/C=C\C/C=C\CCCCCCCCCCCCCCCCCCCCC(=O)NC(COC1OC(CO)C(O)C(O)C1O)C(O)/C=C/CC/C=C/CC/C=C/CCCCCCCCC. The Morgan fingerprint density at radius 2 is 0.818 bits per heavy atom. The molecule has 7 atom stereocenters. The largest absolute Gasteiger partial charge is 0.394 e. The second kappa shape index (κ2) is 56.1. The van der Waals surface area contributed by atoms with Crippen LogP contribution in [0.25, 0.3) is 0 Å². The zero-order valence-corrected chi connectivity index (χ0v) is 49.2. The van der Waals surface area contributed by atoms with Gasteiger partial charge in [-0.25, -0.2) is 0 Å². The van der Waals surface area contributed by atoms with Crippen molar-refractivity contribution < 1.29 is 39.8 Å². The van der Waals surface area contributed by atoms with Crippen LogP contribution in [0.1, 0.15) is 258 Å². The molecular weight excluding hydrogens is 959 g/mol. The van der Waals surface area contributed by atoms with Crippen LogP contribution in [0.3, 0.4) is 0 Å². The monoisotopic (exact) mass is 1080 g/mol. The highest BCUT2D eigenvalue weighted by Gasteiger charge is 2.44. The van der Waals surface area contributed by atoms with Crippen LogP contribution in [-0.4, -0.2) is 87.5 Å². The lowest BCUT2D eigenvalue weighted by Gasteiger charge is -2.40. The first-order valence-corrected chi connectivity index (χ1v) is 31.6. The quantitative estimate of drug-likeness (QED) is 0.0261. The van der Waals surface area contributed by atoms with Gasteiger partial charge in [0.05, 0.1) is 25.4 Å². The fourth-order valence-electron chi connectivity index (χ4n) is 9.37. The Labute approximate surface area is 472 Å². The van der Waals surface area contributed by atoms with Crippen molar-refractivity contribution in [2.24, 2.45) is 0 Å². The lowest BCUT2D eigenvalue weighted by Crippen LogP contribution is -2.60. The number of allylic oxidation sites excluding steroid dienone is 17. The third-order valence-corrected chi connectivity index (χ3v) is 14.3. The van der Waals surface area contributed by atoms with Crippen LogP contribution in [0.5, 0.6) is 0 Å². The lowest BCUT2D eigenvalue weighted by atomic mass is 9.99. The normalized spacial score (nSPS) is 19.5. The highest BCUT2D eigenvalue weighted by Crippen LogP contribution is 2.23. The maximum atomic E-state index is 13.1. The van der Waals surface area contributed by atoms with Crippen LogP contribution in [0, 0.1) is 0 Å². The van der Waals surface area contributed by atoms with Gasteiger partial charge < -0.3 is 40.3 Å². The Kier molecular flexibility index (Phi) is 52.4. The summed E-state index contributed by atoms with van der Waals surface area (Å²) in [5.41, 5.74) is 0. The molecule has 0 aromatic carbocycles. The molecule has 6 N–H and O–H groups in total. The van der Waals surface area contributed by atoms with E-state index < -0.39 is 49.5 Å². The number of nitrogens with one attached hydrogen (secondary N) is 1. The van der Waals surface area contributed by atoms with Crippen LogP contribution >= 0.6 is 0 Å². The molecule has 0 aromatic rings. The molecule has 9 heteroatoms. The summed E-state index contributed by atoms with van der Waals surface area (Å²) in [5, 5.41) is 54.5. The first kappa shape index (κ1) is 71.9. The topological polar surface area (TPSA) is 149 Å². The van der Waals surface area contributed by atoms with Gasteiger partial charge in [-0.1, -0.05) is 264 Å². The third-order valence-electron chi connectivity index (χ3n) is 14.3. The Morgan fingerprint density at radius 1 is 0.455 bits per heavy atom. The van der Waals surface area contributed by atoms with E-state index in [1.807, 2.05) is 6.08 Å². The van der Waals surface area contributed by atoms with E-state index in [2.05, 4.69) is 116 Å². The average molecular weight is 1080 g/mol. The van der Waals surface area contributed by atoms with Crippen molar-refractivity contribution in [1.82, 2.24) is 5.32 Å². The molecule has 0 saturated carbocycles. The number of ether oxygens (including phenoxy) is 2. The molecule has 9 nitrogen and oxygen atoms in total. The number of hydrogen-bond donors (Lipinski definition) is 6. The average Bonchev–Trinajstić information content (AvgIpc) is 3.43. The molecule has 1 rings (SSSR count). The number of aliphatic hydroxyl groups is 5. The van der Waals surface area contributed by atoms with E-state index in [9.17, 15) is 30.3 Å². The molecule has 0 bridgehead atoms. The number of hydrogen-bond acceptors (Lipinski definition) is 8. The van der Waals surface area contributed by atoms with E-state index in [4.69, 9.17) is 9.47 Å². The van der Waals surface area contributed by atoms with Gasteiger partial charge in [0.1, 0.15) is 24.4 Å². The van der Waals surface area contributed by atoms with Gasteiger partial charge in [-0.05, 0) is 96.3 Å². The van der Waals surface area contributed by atoms with Crippen molar-refractivity contribution in [1.29, 1.82) is 0 Å². The molecule has 442 valence electrons. The van der Waals surface area contributed by atoms with Gasteiger partial charge in [0.25, 0.3) is 0 Å². The number of amides is 1. The van der Waals surface area contributed by atoms with E-state index in [1.165, 1.54) is 148 Å². The Balaban J connectivity index is 2.13. The minimum absolute atomic E-state index is 0.192. The smallest absolute Gasteiger partial charge is 0.220 e. The summed E-state index contributed by atoms with van der Waals surface area (Å²) in [5.74, 6) is -0.192. The summed E-state index contributed by atoms with van der Waals surface area (Å²) in [4.78, 5) is 13.1. The summed E-state index contributed by atoms with van der Waals surface area (Å²) < 4.78 is 11.3. The van der Waals surface area contributed by atoms with Gasteiger partial charge >= 0.3 is 0 Å². The third kappa shape index (κ3) is 45.3. The predicted octanol–water partition coefficient (Wildman–Crippen LogP) is 16.5. The van der Waals surface area contributed by atoms with Crippen LogP contribution in [0.2, 0.25) is 0 Å². The molecule has 1 aliphatic heterocycles. The van der Waals surface area contributed by atoms with Crippen molar-refractivity contribution in [2.75, 3.05) is 13.2 Å². The van der Waals surface area contributed by atoms with Gasteiger partial charge in [0.15, 0.2) is 6.29 Å². The molecule has 0 aliphatic carbocycles. The fourth-order valence-corrected chi connectivity index (χ4v) is 9.37. The lowest BCUT2D eigenvalue weighted by molar-refractivity contribution is -0.302. The fraction of sp³-hybridized carbons (Fsp3) is 0.721. The first-order valence-electron chi connectivity index (χ1n) is 31.6. The van der Waals surface area contributed by atoms with Crippen LogP contribution < -0.4 is 5.32 Å². The summed E-state index contributed by atoms with van der Waals surface area (Å²) in [6, 6.07) is -0.833. The molecule has 1 fully saturated rings. The van der Waals surface area contributed by atoms with Crippen molar-refractivity contribution in [3.8, 4) is 0 Å².